The largest absolute Gasteiger partial charge is 0.370 e. The van der Waals surface area contributed by atoms with E-state index in [9.17, 15) is 9.59 Å². The summed E-state index contributed by atoms with van der Waals surface area (Å²) in [6.45, 7) is 8.68. The third-order valence-corrected chi connectivity index (χ3v) is 5.16. The number of piperidine rings is 1. The number of hydrogen-bond donors (Lipinski definition) is 3. The van der Waals surface area contributed by atoms with Gasteiger partial charge in [0.15, 0.2) is 0 Å². The molecule has 1 saturated heterocycles. The first-order valence-corrected chi connectivity index (χ1v) is 10.2. The summed E-state index contributed by atoms with van der Waals surface area (Å²) in [5.74, 6) is 6.02. The van der Waals surface area contributed by atoms with Crippen LogP contribution >= 0.6 is 0 Å². The van der Waals surface area contributed by atoms with Crippen LogP contribution < -0.4 is 16.9 Å². The molecule has 1 heterocycles. The van der Waals surface area contributed by atoms with E-state index in [1.54, 1.807) is 0 Å². The molecule has 1 fully saturated rings. The van der Waals surface area contributed by atoms with Crippen molar-refractivity contribution in [1.29, 1.82) is 0 Å². The Morgan fingerprint density at radius 1 is 0.885 bits per heavy atom. The number of rotatable bonds is 11. The van der Waals surface area contributed by atoms with Crippen molar-refractivity contribution in [3.05, 3.63) is 0 Å². The van der Waals surface area contributed by atoms with Gasteiger partial charge in [0.05, 0.1) is 6.04 Å². The van der Waals surface area contributed by atoms with Gasteiger partial charge >= 0.3 is 0 Å². The first-order chi connectivity index (χ1) is 12.0. The smallest absolute Gasteiger partial charge is 0.236 e. The van der Waals surface area contributed by atoms with Crippen molar-refractivity contribution in [3.63, 3.8) is 0 Å². The van der Waals surface area contributed by atoms with E-state index in [2.05, 4.69) is 33.0 Å². The number of carbonyl (C=O) groups excluding carboxylic acids is 2. The van der Waals surface area contributed by atoms with Crippen LogP contribution in [0.3, 0.4) is 0 Å². The average Bonchev–Trinajstić information content (AvgIpc) is 2.49. The first-order valence-electron chi connectivity index (χ1n) is 10.2. The predicted octanol–water partition coefficient (Wildman–Crippen LogP) is 2.99. The lowest BCUT2D eigenvalue weighted by molar-refractivity contribution is -0.135. The Labute approximate surface area is 159 Å². The normalized spacial score (nSPS) is 19.3. The van der Waals surface area contributed by atoms with Crippen molar-refractivity contribution in [3.8, 4) is 0 Å². The van der Waals surface area contributed by atoms with E-state index in [0.29, 0.717) is 12.8 Å². The second kappa shape index (κ2) is 10.3. The minimum absolute atomic E-state index is 0.0150. The number of hydrogen-bond acceptors (Lipinski definition) is 4. The van der Waals surface area contributed by atoms with Crippen LogP contribution in [0.1, 0.15) is 98.3 Å². The van der Waals surface area contributed by atoms with E-state index in [4.69, 9.17) is 11.6 Å². The number of nitrogens with zero attached hydrogens (tertiary/aromatic N) is 1. The minimum atomic E-state index is -0.213. The van der Waals surface area contributed by atoms with Crippen molar-refractivity contribution in [2.75, 3.05) is 0 Å². The summed E-state index contributed by atoms with van der Waals surface area (Å²) in [4.78, 5) is 23.1. The lowest BCUT2D eigenvalue weighted by atomic mass is 9.79. The molecule has 5 N–H and O–H groups in total. The van der Waals surface area contributed by atoms with Crippen LogP contribution in [0.2, 0.25) is 0 Å². The van der Waals surface area contributed by atoms with Gasteiger partial charge in [-0.2, -0.15) is 0 Å². The second-order valence-corrected chi connectivity index (χ2v) is 9.20. The van der Waals surface area contributed by atoms with E-state index >= 15 is 0 Å². The van der Waals surface area contributed by atoms with Crippen LogP contribution in [0.15, 0.2) is 0 Å². The molecule has 0 aromatic rings. The van der Waals surface area contributed by atoms with Gasteiger partial charge in [-0.15, -0.1) is 0 Å². The summed E-state index contributed by atoms with van der Waals surface area (Å²) in [7, 11) is 0. The Morgan fingerprint density at radius 3 is 1.77 bits per heavy atom. The Kier molecular flexibility index (Phi) is 9.04. The maximum atomic E-state index is 12.4. The van der Waals surface area contributed by atoms with Crippen molar-refractivity contribution >= 4 is 11.8 Å². The van der Waals surface area contributed by atoms with Gasteiger partial charge in [-0.25, -0.2) is 5.84 Å². The number of nitrogens with one attached hydrogen (secondary N) is 1. The zero-order valence-electron chi connectivity index (χ0n) is 17.3. The standard InChI is InChI=1S/C20H40N4O2/c1-19(2)14-16(15-20(3,4)23-19)24(22)18(26)13-11-9-7-5-6-8-10-12-17(21)25/h16,23H,5-15,22H2,1-4H3,(H2,21,25). The molecule has 26 heavy (non-hydrogen) atoms. The number of primary amides is 1. The molecule has 152 valence electrons. The highest BCUT2D eigenvalue weighted by Crippen LogP contribution is 2.30. The maximum absolute atomic E-state index is 12.4. The fraction of sp³-hybridized carbons (Fsp3) is 0.900. The third kappa shape index (κ3) is 8.99. The third-order valence-electron chi connectivity index (χ3n) is 5.16. The van der Waals surface area contributed by atoms with Crippen LogP contribution in [0.5, 0.6) is 0 Å². The molecule has 1 aliphatic heterocycles. The molecule has 1 aliphatic rings. The quantitative estimate of drug-likeness (QED) is 0.226. The number of carbonyl (C=O) groups is 2. The van der Waals surface area contributed by atoms with E-state index in [1.807, 2.05) is 0 Å². The van der Waals surface area contributed by atoms with Crippen LogP contribution in [0.4, 0.5) is 0 Å². The molecule has 0 spiro atoms. The zero-order valence-corrected chi connectivity index (χ0v) is 17.3. The Balaban J connectivity index is 2.19. The van der Waals surface area contributed by atoms with Gasteiger partial charge in [-0.3, -0.25) is 14.6 Å². The lowest BCUT2D eigenvalue weighted by Gasteiger charge is -2.48. The van der Waals surface area contributed by atoms with Crippen molar-refractivity contribution in [1.82, 2.24) is 10.3 Å². The summed E-state index contributed by atoms with van der Waals surface area (Å²) in [5.41, 5.74) is 5.09. The molecule has 0 radical (unpaired) electrons. The van der Waals surface area contributed by atoms with Gasteiger partial charge in [0, 0.05) is 23.9 Å². The van der Waals surface area contributed by atoms with Crippen molar-refractivity contribution < 1.29 is 9.59 Å². The van der Waals surface area contributed by atoms with E-state index in [1.165, 1.54) is 5.01 Å². The highest BCUT2D eigenvalue weighted by molar-refractivity contribution is 5.75. The monoisotopic (exact) mass is 368 g/mol. The van der Waals surface area contributed by atoms with Gasteiger partial charge in [0.1, 0.15) is 0 Å². The number of hydrazine groups is 1. The zero-order chi connectivity index (χ0) is 19.8. The summed E-state index contributed by atoms with van der Waals surface area (Å²) in [6.07, 6.45) is 10.1. The fourth-order valence-corrected chi connectivity index (χ4v) is 4.26. The molecule has 0 aromatic carbocycles. The summed E-state index contributed by atoms with van der Waals surface area (Å²) in [6, 6.07) is 0.0963. The summed E-state index contributed by atoms with van der Waals surface area (Å²) < 4.78 is 0. The number of unbranched alkanes of at least 4 members (excludes halogenated alkanes) is 6. The Hall–Kier alpha value is -1.14. The van der Waals surface area contributed by atoms with Crippen LogP contribution in [-0.2, 0) is 9.59 Å². The van der Waals surface area contributed by atoms with E-state index in [-0.39, 0.29) is 28.9 Å². The fourth-order valence-electron chi connectivity index (χ4n) is 4.26. The van der Waals surface area contributed by atoms with Crippen LogP contribution in [0.25, 0.3) is 0 Å². The topological polar surface area (TPSA) is 101 Å². The van der Waals surface area contributed by atoms with E-state index in [0.717, 1.165) is 57.8 Å². The molecule has 2 amide bonds. The molecule has 0 aromatic heterocycles. The van der Waals surface area contributed by atoms with Gasteiger partial charge in [0.25, 0.3) is 0 Å². The predicted molar refractivity (Wildman–Crippen MR) is 106 cm³/mol. The molecule has 6 nitrogen and oxygen atoms in total. The maximum Gasteiger partial charge on any atom is 0.236 e. The first kappa shape index (κ1) is 22.9. The van der Waals surface area contributed by atoms with Crippen molar-refractivity contribution in [2.24, 2.45) is 11.6 Å². The lowest BCUT2D eigenvalue weighted by Crippen LogP contribution is -2.64. The SMILES string of the molecule is CC1(C)CC(N(N)C(=O)CCCCCCCCCC(N)=O)CC(C)(C)N1. The summed E-state index contributed by atoms with van der Waals surface area (Å²) in [5, 5.41) is 5.12. The molecule has 6 heteroatoms. The molecule has 0 aliphatic carbocycles. The number of amides is 2. The Bertz CT molecular complexity index is 447. The molecule has 0 atom stereocenters. The van der Waals surface area contributed by atoms with Gasteiger partial charge in [-0.05, 0) is 53.4 Å². The van der Waals surface area contributed by atoms with Gasteiger partial charge in [0.2, 0.25) is 11.8 Å². The Morgan fingerprint density at radius 2 is 1.31 bits per heavy atom. The highest BCUT2D eigenvalue weighted by Gasteiger charge is 2.40. The van der Waals surface area contributed by atoms with Gasteiger partial charge < -0.3 is 11.1 Å². The van der Waals surface area contributed by atoms with Crippen LogP contribution in [0, 0.1) is 0 Å². The molecular weight excluding hydrogens is 328 g/mol. The average molecular weight is 369 g/mol. The molecule has 0 bridgehead atoms. The molecular formula is C20H40N4O2. The number of nitrogens with two attached hydrogens (primary N) is 2. The molecule has 0 saturated carbocycles. The minimum Gasteiger partial charge on any atom is -0.370 e. The van der Waals surface area contributed by atoms with Crippen molar-refractivity contribution in [2.45, 2.75) is 115 Å². The van der Waals surface area contributed by atoms with Crippen LogP contribution in [-0.4, -0.2) is 33.9 Å². The van der Waals surface area contributed by atoms with Gasteiger partial charge in [-0.1, -0.05) is 32.1 Å². The molecule has 0 unspecified atom stereocenters. The second-order valence-electron chi connectivity index (χ2n) is 9.20. The molecule has 1 rings (SSSR count). The van der Waals surface area contributed by atoms with E-state index < -0.39 is 0 Å². The highest BCUT2D eigenvalue weighted by atomic mass is 16.2. The summed E-state index contributed by atoms with van der Waals surface area (Å²) >= 11 is 0.